The Morgan fingerprint density at radius 1 is 0.951 bits per heavy atom. The van der Waals surface area contributed by atoms with E-state index < -0.39 is 17.9 Å². The van der Waals surface area contributed by atoms with Crippen LogP contribution in [0.3, 0.4) is 0 Å². The minimum atomic E-state index is -0.986. The van der Waals surface area contributed by atoms with Crippen LogP contribution >= 0.6 is 0 Å². The predicted molar refractivity (Wildman–Crippen MR) is 152 cm³/mol. The lowest BCUT2D eigenvalue weighted by molar-refractivity contribution is -0.137. The van der Waals surface area contributed by atoms with Crippen molar-refractivity contribution in [2.75, 3.05) is 0 Å². The van der Waals surface area contributed by atoms with Gasteiger partial charge in [-0.3, -0.25) is 9.59 Å². The standard InChI is InChI=1S/C30H30N8O3/c1-2-16-38-26(32-29(35-38)30(41)31-23(19-27(39)40)17-20-8-4-3-5-9-20)18-21-12-14-22(15-13-21)24-10-6-7-11-25(24)28-33-36-37-34-28/h3-15,23H,2,16-19H2,1H3,(H,31,41)(H,39,40)(H,33,34,36,37). The minimum absolute atomic E-state index is 0.0301. The Labute approximate surface area is 236 Å². The summed E-state index contributed by atoms with van der Waals surface area (Å²) in [5.74, 6) is -0.258. The number of hydrogen-bond donors (Lipinski definition) is 3. The maximum absolute atomic E-state index is 13.1. The Morgan fingerprint density at radius 3 is 2.37 bits per heavy atom. The van der Waals surface area contributed by atoms with E-state index >= 15 is 0 Å². The van der Waals surface area contributed by atoms with Gasteiger partial charge in [0.05, 0.1) is 6.42 Å². The molecule has 1 amide bonds. The van der Waals surface area contributed by atoms with Crippen LogP contribution in [-0.4, -0.2) is 58.4 Å². The number of carbonyl (C=O) groups is 2. The van der Waals surface area contributed by atoms with E-state index in [1.54, 1.807) is 4.68 Å². The first-order valence-electron chi connectivity index (χ1n) is 13.4. The summed E-state index contributed by atoms with van der Waals surface area (Å²) < 4.78 is 1.75. The van der Waals surface area contributed by atoms with Crippen LogP contribution in [0.15, 0.2) is 78.9 Å². The smallest absolute Gasteiger partial charge is 0.305 e. The molecule has 2 aromatic heterocycles. The van der Waals surface area contributed by atoms with Crippen LogP contribution in [0.4, 0.5) is 0 Å². The number of carboxylic acids is 1. The molecule has 0 bridgehead atoms. The van der Waals surface area contributed by atoms with Crippen molar-refractivity contribution >= 4 is 11.9 Å². The number of aliphatic carboxylic acids is 1. The van der Waals surface area contributed by atoms with Gasteiger partial charge in [-0.25, -0.2) is 9.67 Å². The fraction of sp³-hybridized carbons (Fsp3) is 0.233. The van der Waals surface area contributed by atoms with Crippen LogP contribution in [-0.2, 0) is 24.2 Å². The first kappa shape index (κ1) is 27.4. The zero-order valence-electron chi connectivity index (χ0n) is 22.6. The third-order valence-electron chi connectivity index (χ3n) is 6.61. The SMILES string of the molecule is CCCn1nc(C(=O)NC(CC(=O)O)Cc2ccccc2)nc1Cc1ccc(-c2ccccc2-c2nn[nH]n2)cc1. The summed E-state index contributed by atoms with van der Waals surface area (Å²) in [6.45, 7) is 2.64. The topological polar surface area (TPSA) is 152 Å². The Kier molecular flexibility index (Phi) is 8.53. The molecule has 208 valence electrons. The summed E-state index contributed by atoms with van der Waals surface area (Å²) in [7, 11) is 0. The van der Waals surface area contributed by atoms with E-state index in [9.17, 15) is 14.7 Å². The average Bonchev–Trinajstić information content (AvgIpc) is 3.65. The van der Waals surface area contributed by atoms with Crippen molar-refractivity contribution in [1.29, 1.82) is 0 Å². The number of aryl methyl sites for hydroxylation is 1. The number of amides is 1. The summed E-state index contributed by atoms with van der Waals surface area (Å²) in [5.41, 5.74) is 4.82. The monoisotopic (exact) mass is 550 g/mol. The lowest BCUT2D eigenvalue weighted by Gasteiger charge is -2.16. The molecule has 0 aliphatic heterocycles. The van der Waals surface area contributed by atoms with Gasteiger partial charge in [-0.15, -0.1) is 15.3 Å². The molecule has 1 atom stereocenters. The molecule has 11 heteroatoms. The molecule has 5 rings (SSSR count). The minimum Gasteiger partial charge on any atom is -0.481 e. The van der Waals surface area contributed by atoms with E-state index in [0.29, 0.717) is 31.0 Å². The zero-order chi connectivity index (χ0) is 28.6. The highest BCUT2D eigenvalue weighted by atomic mass is 16.4. The van der Waals surface area contributed by atoms with E-state index in [0.717, 1.165) is 34.2 Å². The number of H-pyrrole nitrogens is 1. The lowest BCUT2D eigenvalue weighted by atomic mass is 9.98. The van der Waals surface area contributed by atoms with Gasteiger partial charge in [0.25, 0.3) is 5.91 Å². The molecule has 3 aromatic carbocycles. The molecule has 0 fully saturated rings. The fourth-order valence-corrected chi connectivity index (χ4v) is 4.72. The normalized spacial score (nSPS) is 11.7. The van der Waals surface area contributed by atoms with E-state index in [4.69, 9.17) is 0 Å². The molecular weight excluding hydrogens is 520 g/mol. The molecule has 0 spiro atoms. The van der Waals surface area contributed by atoms with Gasteiger partial charge in [-0.1, -0.05) is 85.8 Å². The van der Waals surface area contributed by atoms with Crippen LogP contribution in [0.2, 0.25) is 0 Å². The van der Waals surface area contributed by atoms with Gasteiger partial charge in [0.15, 0.2) is 0 Å². The number of benzene rings is 3. The Morgan fingerprint density at radius 2 is 1.68 bits per heavy atom. The summed E-state index contributed by atoms with van der Waals surface area (Å²) in [5, 5.41) is 31.1. The first-order chi connectivity index (χ1) is 20.0. The van der Waals surface area contributed by atoms with Gasteiger partial charge in [0.1, 0.15) is 5.82 Å². The van der Waals surface area contributed by atoms with Crippen molar-refractivity contribution < 1.29 is 14.7 Å². The largest absolute Gasteiger partial charge is 0.481 e. The van der Waals surface area contributed by atoms with E-state index in [1.807, 2.05) is 85.8 Å². The van der Waals surface area contributed by atoms with Gasteiger partial charge in [-0.05, 0) is 40.3 Å². The molecule has 0 aliphatic carbocycles. The van der Waals surface area contributed by atoms with Crippen LogP contribution in [0.1, 0.15) is 47.3 Å². The highest BCUT2D eigenvalue weighted by Gasteiger charge is 2.22. The highest BCUT2D eigenvalue weighted by molar-refractivity contribution is 5.91. The van der Waals surface area contributed by atoms with Crippen molar-refractivity contribution in [3.05, 3.63) is 102 Å². The third kappa shape index (κ3) is 6.88. The molecule has 0 aliphatic rings. The van der Waals surface area contributed by atoms with Crippen LogP contribution in [0.5, 0.6) is 0 Å². The number of aromatic amines is 1. The average molecular weight is 551 g/mol. The van der Waals surface area contributed by atoms with Gasteiger partial charge in [0.2, 0.25) is 11.6 Å². The molecule has 0 saturated carbocycles. The quantitative estimate of drug-likeness (QED) is 0.211. The van der Waals surface area contributed by atoms with Crippen molar-refractivity contribution in [2.24, 2.45) is 0 Å². The van der Waals surface area contributed by atoms with Crippen molar-refractivity contribution in [2.45, 2.75) is 45.2 Å². The maximum Gasteiger partial charge on any atom is 0.305 e. The zero-order valence-corrected chi connectivity index (χ0v) is 22.6. The molecule has 1 unspecified atom stereocenters. The lowest BCUT2D eigenvalue weighted by Crippen LogP contribution is -2.38. The molecule has 41 heavy (non-hydrogen) atoms. The maximum atomic E-state index is 13.1. The van der Waals surface area contributed by atoms with Crippen LogP contribution in [0.25, 0.3) is 22.5 Å². The molecule has 11 nitrogen and oxygen atoms in total. The fourth-order valence-electron chi connectivity index (χ4n) is 4.72. The van der Waals surface area contributed by atoms with Crippen molar-refractivity contribution in [3.63, 3.8) is 0 Å². The van der Waals surface area contributed by atoms with Gasteiger partial charge in [0, 0.05) is 24.6 Å². The second-order valence-electron chi connectivity index (χ2n) is 9.69. The van der Waals surface area contributed by atoms with Gasteiger partial charge < -0.3 is 10.4 Å². The second-order valence-corrected chi connectivity index (χ2v) is 9.69. The molecule has 5 aromatic rings. The second kappa shape index (κ2) is 12.8. The predicted octanol–water partition coefficient (Wildman–Crippen LogP) is 3.94. The first-order valence-corrected chi connectivity index (χ1v) is 13.4. The number of carbonyl (C=O) groups excluding carboxylic acids is 1. The number of nitrogens with zero attached hydrogens (tertiary/aromatic N) is 6. The number of hydrogen-bond acceptors (Lipinski definition) is 7. The third-order valence-corrected chi connectivity index (χ3v) is 6.61. The molecule has 2 heterocycles. The number of carboxylic acid groups (broad SMARTS) is 1. The Bertz CT molecular complexity index is 1600. The Hall–Kier alpha value is -5.19. The number of nitrogens with one attached hydrogen (secondary N) is 2. The van der Waals surface area contributed by atoms with E-state index in [-0.39, 0.29) is 12.2 Å². The number of rotatable bonds is 12. The summed E-state index contributed by atoms with van der Waals surface area (Å²) >= 11 is 0. The van der Waals surface area contributed by atoms with Gasteiger partial charge in [-0.2, -0.15) is 5.21 Å². The number of tetrazole rings is 1. The van der Waals surface area contributed by atoms with Crippen LogP contribution < -0.4 is 5.32 Å². The van der Waals surface area contributed by atoms with Crippen molar-refractivity contribution in [1.82, 2.24) is 40.7 Å². The highest BCUT2D eigenvalue weighted by Crippen LogP contribution is 2.30. The van der Waals surface area contributed by atoms with E-state index in [2.05, 4.69) is 36.0 Å². The molecule has 0 saturated heterocycles. The van der Waals surface area contributed by atoms with Crippen LogP contribution in [0, 0.1) is 0 Å². The Balaban J connectivity index is 1.33. The molecular formula is C30H30N8O3. The summed E-state index contributed by atoms with van der Waals surface area (Å²) in [6.07, 6.45) is 1.49. The van der Waals surface area contributed by atoms with E-state index in [1.165, 1.54) is 0 Å². The van der Waals surface area contributed by atoms with Gasteiger partial charge >= 0.3 is 5.97 Å². The summed E-state index contributed by atoms with van der Waals surface area (Å²) in [4.78, 5) is 29.1. The van der Waals surface area contributed by atoms with Crippen molar-refractivity contribution in [3.8, 4) is 22.5 Å². The summed E-state index contributed by atoms with van der Waals surface area (Å²) in [6, 6.07) is 24.9. The molecule has 3 N–H and O–H groups in total. The molecule has 0 radical (unpaired) electrons. The number of aromatic nitrogens is 7.